The topological polar surface area (TPSA) is 64.3 Å². The maximum Gasteiger partial charge on any atom is 0.225 e. The van der Waals surface area contributed by atoms with E-state index in [1.54, 1.807) is 0 Å². The maximum absolute atomic E-state index is 12.4. The van der Waals surface area contributed by atoms with E-state index in [9.17, 15) is 15.2 Å². The van der Waals surface area contributed by atoms with Crippen molar-refractivity contribution in [2.45, 2.75) is 51.6 Å². The van der Waals surface area contributed by atoms with Crippen LogP contribution >= 0.6 is 0 Å². The van der Waals surface area contributed by atoms with E-state index >= 15 is 0 Å². The largest absolute Gasteiger partial charge is 0.393 e. The molecule has 1 heterocycles. The van der Waals surface area contributed by atoms with Crippen molar-refractivity contribution < 1.29 is 9.90 Å². The summed E-state index contributed by atoms with van der Waals surface area (Å²) in [6.45, 7) is 3.30. The highest BCUT2D eigenvalue weighted by Gasteiger charge is 2.36. The fourth-order valence-corrected chi connectivity index (χ4v) is 3.10. The van der Waals surface area contributed by atoms with Crippen LogP contribution in [0.4, 0.5) is 0 Å². The lowest BCUT2D eigenvalue weighted by molar-refractivity contribution is -0.139. The van der Waals surface area contributed by atoms with Gasteiger partial charge < -0.3 is 10.0 Å². The molecule has 1 N–H and O–H groups in total. The number of nitrogens with zero attached hydrogens (tertiary/aromatic N) is 2. The van der Waals surface area contributed by atoms with E-state index in [4.69, 9.17) is 0 Å². The highest BCUT2D eigenvalue weighted by atomic mass is 16.3. The van der Waals surface area contributed by atoms with Crippen LogP contribution in [0.15, 0.2) is 0 Å². The molecular formula is C14H22N2O2. The number of carbonyl (C=O) groups is 1. The van der Waals surface area contributed by atoms with Crippen LogP contribution < -0.4 is 0 Å². The number of piperidine rings is 1. The maximum atomic E-state index is 12.4. The van der Waals surface area contributed by atoms with Crippen LogP contribution in [0.3, 0.4) is 0 Å². The van der Waals surface area contributed by atoms with Crippen LogP contribution in [-0.4, -0.2) is 35.1 Å². The first-order valence-electron chi connectivity index (χ1n) is 6.92. The fraction of sp³-hybridized carbons (Fsp3) is 0.857. The zero-order valence-corrected chi connectivity index (χ0v) is 11.1. The Morgan fingerprint density at radius 3 is 2.67 bits per heavy atom. The highest BCUT2D eigenvalue weighted by molar-refractivity contribution is 5.79. The van der Waals surface area contributed by atoms with Crippen molar-refractivity contribution in [3.05, 3.63) is 0 Å². The van der Waals surface area contributed by atoms with Crippen molar-refractivity contribution in [3.63, 3.8) is 0 Å². The average molecular weight is 250 g/mol. The molecule has 4 nitrogen and oxygen atoms in total. The summed E-state index contributed by atoms with van der Waals surface area (Å²) in [5.41, 5.74) is -0.373. The Hall–Kier alpha value is -1.08. The lowest BCUT2D eigenvalue weighted by Gasteiger charge is -2.38. The first kappa shape index (κ1) is 13.4. The second kappa shape index (κ2) is 5.27. The van der Waals surface area contributed by atoms with Crippen LogP contribution in [0.1, 0.15) is 45.4 Å². The van der Waals surface area contributed by atoms with Gasteiger partial charge in [0.15, 0.2) is 0 Å². The van der Waals surface area contributed by atoms with Crippen molar-refractivity contribution in [2.24, 2.45) is 11.3 Å². The molecule has 0 spiro atoms. The van der Waals surface area contributed by atoms with E-state index in [1.165, 1.54) is 0 Å². The standard InChI is InChI=1S/C14H22N2O2/c1-14(9-15)7-2-8-16(10-14)13(18)11-3-5-12(17)6-4-11/h11-12,17H,2-8,10H2,1H3/t11?,12?,14-/m0/s1. The molecule has 1 atom stereocenters. The second-order valence-electron chi connectivity index (χ2n) is 6.04. The molecule has 4 heteroatoms. The molecule has 1 saturated carbocycles. The number of nitriles is 1. The number of rotatable bonds is 1. The first-order chi connectivity index (χ1) is 8.54. The molecule has 0 aromatic rings. The Balaban J connectivity index is 1.95. The summed E-state index contributed by atoms with van der Waals surface area (Å²) in [6, 6.07) is 2.34. The summed E-state index contributed by atoms with van der Waals surface area (Å²) in [6.07, 6.45) is 4.64. The van der Waals surface area contributed by atoms with Gasteiger partial charge in [0.1, 0.15) is 0 Å². The quantitative estimate of drug-likeness (QED) is 0.770. The summed E-state index contributed by atoms with van der Waals surface area (Å²) in [5.74, 6) is 0.262. The van der Waals surface area contributed by atoms with E-state index in [-0.39, 0.29) is 23.3 Å². The molecule has 0 radical (unpaired) electrons. The van der Waals surface area contributed by atoms with Gasteiger partial charge in [0.2, 0.25) is 5.91 Å². The number of amides is 1. The summed E-state index contributed by atoms with van der Waals surface area (Å²) in [4.78, 5) is 14.3. The van der Waals surface area contributed by atoms with E-state index in [2.05, 4.69) is 6.07 Å². The Morgan fingerprint density at radius 1 is 1.39 bits per heavy atom. The fourth-order valence-electron chi connectivity index (χ4n) is 3.10. The van der Waals surface area contributed by atoms with Crippen LogP contribution in [-0.2, 0) is 4.79 Å². The minimum Gasteiger partial charge on any atom is -0.393 e. The molecular weight excluding hydrogens is 228 g/mol. The molecule has 2 fully saturated rings. The smallest absolute Gasteiger partial charge is 0.225 e. The van der Waals surface area contributed by atoms with Gasteiger partial charge in [-0.2, -0.15) is 5.26 Å². The van der Waals surface area contributed by atoms with Gasteiger partial charge in [-0.1, -0.05) is 0 Å². The third-order valence-corrected chi connectivity index (χ3v) is 4.32. The molecule has 1 amide bonds. The van der Waals surface area contributed by atoms with Crippen LogP contribution in [0.25, 0.3) is 0 Å². The molecule has 1 aliphatic carbocycles. The number of aliphatic hydroxyl groups excluding tert-OH is 1. The number of hydrogen-bond donors (Lipinski definition) is 1. The zero-order chi connectivity index (χ0) is 13.2. The SMILES string of the molecule is C[C@@]1(C#N)CCCN(C(=O)C2CCC(O)CC2)C1. The minimum atomic E-state index is -0.373. The second-order valence-corrected chi connectivity index (χ2v) is 6.04. The number of hydrogen-bond acceptors (Lipinski definition) is 3. The lowest BCUT2D eigenvalue weighted by Crippen LogP contribution is -2.47. The molecule has 0 aromatic heterocycles. The first-order valence-corrected chi connectivity index (χ1v) is 6.92. The van der Waals surface area contributed by atoms with Gasteiger partial charge in [-0.25, -0.2) is 0 Å². The summed E-state index contributed by atoms with van der Waals surface area (Å²) in [5, 5.41) is 18.6. The van der Waals surface area contributed by atoms with E-state index in [1.807, 2.05) is 11.8 Å². The van der Waals surface area contributed by atoms with Gasteiger partial charge in [0, 0.05) is 19.0 Å². The van der Waals surface area contributed by atoms with Crippen molar-refractivity contribution in [1.29, 1.82) is 5.26 Å². The number of carbonyl (C=O) groups excluding carboxylic acids is 1. The monoisotopic (exact) mass is 250 g/mol. The Kier molecular flexibility index (Phi) is 3.91. The third kappa shape index (κ3) is 2.84. The van der Waals surface area contributed by atoms with Gasteiger partial charge in [0.25, 0.3) is 0 Å². The molecule has 100 valence electrons. The summed E-state index contributed by atoms with van der Waals surface area (Å²) < 4.78 is 0. The Labute approximate surface area is 109 Å². The molecule has 0 unspecified atom stereocenters. The van der Waals surface area contributed by atoms with Gasteiger partial charge in [-0.3, -0.25) is 4.79 Å². The molecule has 1 saturated heterocycles. The highest BCUT2D eigenvalue weighted by Crippen LogP contribution is 2.32. The average Bonchev–Trinajstić information content (AvgIpc) is 2.39. The molecule has 2 rings (SSSR count). The van der Waals surface area contributed by atoms with Crippen molar-refractivity contribution in [1.82, 2.24) is 4.90 Å². The van der Waals surface area contributed by atoms with E-state index < -0.39 is 0 Å². The summed E-state index contributed by atoms with van der Waals surface area (Å²) >= 11 is 0. The Bertz CT molecular complexity index is 355. The molecule has 0 aromatic carbocycles. The Morgan fingerprint density at radius 2 is 2.06 bits per heavy atom. The van der Waals surface area contributed by atoms with Gasteiger partial charge in [-0.05, 0) is 45.4 Å². The van der Waals surface area contributed by atoms with Crippen LogP contribution in [0.2, 0.25) is 0 Å². The van der Waals surface area contributed by atoms with Gasteiger partial charge in [-0.15, -0.1) is 0 Å². The normalized spacial score (nSPS) is 37.1. The number of likely N-dealkylation sites (tertiary alicyclic amines) is 1. The van der Waals surface area contributed by atoms with Crippen molar-refractivity contribution in [2.75, 3.05) is 13.1 Å². The predicted octanol–water partition coefficient (Wildman–Crippen LogP) is 1.69. The third-order valence-electron chi connectivity index (χ3n) is 4.32. The molecule has 2 aliphatic rings. The van der Waals surface area contributed by atoms with Gasteiger partial charge in [0.05, 0.1) is 17.6 Å². The van der Waals surface area contributed by atoms with Crippen LogP contribution in [0, 0.1) is 22.7 Å². The molecule has 18 heavy (non-hydrogen) atoms. The zero-order valence-electron chi connectivity index (χ0n) is 11.1. The lowest BCUT2D eigenvalue weighted by atomic mass is 9.81. The molecule has 1 aliphatic heterocycles. The van der Waals surface area contributed by atoms with Gasteiger partial charge >= 0.3 is 0 Å². The van der Waals surface area contributed by atoms with Crippen molar-refractivity contribution in [3.8, 4) is 6.07 Å². The molecule has 0 bridgehead atoms. The van der Waals surface area contributed by atoms with Crippen molar-refractivity contribution >= 4 is 5.91 Å². The van der Waals surface area contributed by atoms with Crippen LogP contribution in [0.5, 0.6) is 0 Å². The predicted molar refractivity (Wildman–Crippen MR) is 67.5 cm³/mol. The van der Waals surface area contributed by atoms with E-state index in [0.717, 1.165) is 45.1 Å². The van der Waals surface area contributed by atoms with E-state index in [0.29, 0.717) is 6.54 Å². The minimum absolute atomic E-state index is 0.0643. The summed E-state index contributed by atoms with van der Waals surface area (Å²) in [7, 11) is 0. The number of aliphatic hydroxyl groups is 1.